The molecule has 0 unspecified atom stereocenters. The van der Waals surface area contributed by atoms with Crippen molar-refractivity contribution in [2.45, 2.75) is 51.5 Å². The molecule has 2 N–H and O–H groups in total. The lowest BCUT2D eigenvalue weighted by molar-refractivity contribution is 0.665. The molecule has 1 aromatic heterocycles. The van der Waals surface area contributed by atoms with Crippen molar-refractivity contribution in [1.82, 2.24) is 10.3 Å². The number of aryl methyl sites for hydroxylation is 2. The van der Waals surface area contributed by atoms with Crippen molar-refractivity contribution >= 4 is 23.0 Å². The van der Waals surface area contributed by atoms with Crippen LogP contribution in [0, 0.1) is 0 Å². The van der Waals surface area contributed by atoms with Gasteiger partial charge in [-0.15, -0.1) is 0 Å². The first-order valence-electron chi connectivity index (χ1n) is 8.93. The van der Waals surface area contributed by atoms with Crippen molar-refractivity contribution in [2.24, 2.45) is 0 Å². The molecule has 0 fully saturated rings. The van der Waals surface area contributed by atoms with Crippen LogP contribution in [0.1, 0.15) is 47.3 Å². The average molecular weight is 337 g/mol. The number of nitrogens with zero attached hydrogens (tertiary/aromatic N) is 1. The molecule has 0 spiro atoms. The number of benzene rings is 1. The minimum absolute atomic E-state index is 0.715. The third kappa shape index (κ3) is 3.16. The van der Waals surface area contributed by atoms with Crippen LogP contribution in [0.15, 0.2) is 30.3 Å². The molecule has 1 aromatic carbocycles. The highest BCUT2D eigenvalue weighted by atomic mass is 32.1. The average Bonchev–Trinajstić information content (AvgIpc) is 3.09. The summed E-state index contributed by atoms with van der Waals surface area (Å²) in [6.45, 7) is 0.752. The summed E-state index contributed by atoms with van der Waals surface area (Å²) in [5.41, 5.74) is 7.91. The van der Waals surface area contributed by atoms with Crippen molar-refractivity contribution in [3.05, 3.63) is 58.4 Å². The molecule has 0 saturated heterocycles. The predicted octanol–water partition coefficient (Wildman–Crippen LogP) is 3.94. The van der Waals surface area contributed by atoms with E-state index in [9.17, 15) is 0 Å². The van der Waals surface area contributed by atoms with E-state index in [2.05, 4.69) is 34.9 Å². The molecule has 0 radical (unpaired) electrons. The Morgan fingerprint density at radius 3 is 2.38 bits per heavy atom. The second-order valence-electron chi connectivity index (χ2n) is 6.69. The molecule has 2 aliphatic rings. The Morgan fingerprint density at radius 1 is 0.917 bits per heavy atom. The first-order valence-corrected chi connectivity index (χ1v) is 9.34. The van der Waals surface area contributed by atoms with E-state index in [-0.39, 0.29) is 0 Å². The van der Waals surface area contributed by atoms with Gasteiger partial charge in [0.05, 0.1) is 5.69 Å². The van der Waals surface area contributed by atoms with Gasteiger partial charge in [0.25, 0.3) is 0 Å². The van der Waals surface area contributed by atoms with Crippen molar-refractivity contribution in [3.63, 3.8) is 0 Å². The molecule has 0 aliphatic heterocycles. The second-order valence-corrected chi connectivity index (χ2v) is 7.10. The lowest BCUT2D eigenvalue weighted by Gasteiger charge is -2.23. The normalized spacial score (nSPS) is 15.5. The van der Waals surface area contributed by atoms with Crippen LogP contribution in [0.4, 0.5) is 5.69 Å². The fraction of sp³-hybridized carbons (Fsp3) is 0.400. The van der Waals surface area contributed by atoms with E-state index in [4.69, 9.17) is 17.2 Å². The molecule has 1 heterocycles. The van der Waals surface area contributed by atoms with E-state index in [0.717, 1.165) is 32.2 Å². The fourth-order valence-electron chi connectivity index (χ4n) is 3.83. The molecule has 0 bridgehead atoms. The van der Waals surface area contributed by atoms with Gasteiger partial charge < -0.3 is 10.6 Å². The molecule has 3 nitrogen and oxygen atoms in total. The van der Waals surface area contributed by atoms with E-state index in [0.29, 0.717) is 5.11 Å². The summed E-state index contributed by atoms with van der Waals surface area (Å²) in [7, 11) is 0. The van der Waals surface area contributed by atoms with Crippen LogP contribution in [-0.2, 0) is 32.2 Å². The molecule has 0 amide bonds. The fourth-order valence-corrected chi connectivity index (χ4v) is 4.01. The summed E-state index contributed by atoms with van der Waals surface area (Å²) in [6.07, 6.45) is 8.20. The van der Waals surface area contributed by atoms with Gasteiger partial charge in [0, 0.05) is 17.9 Å². The highest BCUT2D eigenvalue weighted by Crippen LogP contribution is 2.35. The summed E-state index contributed by atoms with van der Waals surface area (Å²) in [4.78, 5) is 4.95. The minimum Gasteiger partial charge on any atom is -0.358 e. The van der Waals surface area contributed by atoms with E-state index in [1.807, 2.05) is 6.07 Å². The monoisotopic (exact) mass is 337 g/mol. The van der Waals surface area contributed by atoms with Crippen molar-refractivity contribution in [3.8, 4) is 0 Å². The van der Waals surface area contributed by atoms with Gasteiger partial charge in [-0.25, -0.2) is 0 Å². The lowest BCUT2D eigenvalue weighted by Crippen LogP contribution is -2.29. The summed E-state index contributed by atoms with van der Waals surface area (Å²) in [6, 6.07) is 10.4. The Labute approximate surface area is 148 Å². The maximum Gasteiger partial charge on any atom is 0.171 e. The smallest absolute Gasteiger partial charge is 0.171 e. The Hall–Kier alpha value is -1.94. The zero-order valence-electron chi connectivity index (χ0n) is 13.9. The number of anilines is 1. The van der Waals surface area contributed by atoms with Crippen LogP contribution in [0.25, 0.3) is 0 Å². The molecule has 4 heteroatoms. The largest absolute Gasteiger partial charge is 0.358 e. The number of rotatable bonds is 3. The van der Waals surface area contributed by atoms with Gasteiger partial charge in [-0.3, -0.25) is 4.98 Å². The molecular formula is C20H23N3S. The van der Waals surface area contributed by atoms with Crippen LogP contribution in [0.3, 0.4) is 0 Å². The van der Waals surface area contributed by atoms with Gasteiger partial charge in [0.1, 0.15) is 0 Å². The van der Waals surface area contributed by atoms with Gasteiger partial charge in [-0.1, -0.05) is 30.3 Å². The molecule has 24 heavy (non-hydrogen) atoms. The summed E-state index contributed by atoms with van der Waals surface area (Å²) >= 11 is 5.57. The van der Waals surface area contributed by atoms with Crippen LogP contribution in [0.5, 0.6) is 0 Å². The highest BCUT2D eigenvalue weighted by molar-refractivity contribution is 7.80. The van der Waals surface area contributed by atoms with Gasteiger partial charge in [-0.2, -0.15) is 0 Å². The number of pyridine rings is 1. The first-order chi connectivity index (χ1) is 11.8. The van der Waals surface area contributed by atoms with E-state index >= 15 is 0 Å². The van der Waals surface area contributed by atoms with E-state index < -0.39 is 0 Å². The first kappa shape index (κ1) is 15.6. The van der Waals surface area contributed by atoms with Gasteiger partial charge in [-0.05, 0) is 73.9 Å². The maximum atomic E-state index is 5.57. The van der Waals surface area contributed by atoms with Crippen LogP contribution in [-0.4, -0.2) is 10.1 Å². The third-order valence-electron chi connectivity index (χ3n) is 5.04. The highest BCUT2D eigenvalue weighted by Gasteiger charge is 2.24. The molecule has 0 atom stereocenters. The standard InChI is InChI=1S/C20H23N3S/c24-20(21-13-14-7-2-1-3-8-14)23-19-15-9-4-5-11-17(15)22-18-12-6-10-16(18)19/h1-3,7-8H,4-6,9-13H2,(H2,21,22,23,24). The van der Waals surface area contributed by atoms with Gasteiger partial charge in [0.15, 0.2) is 5.11 Å². The van der Waals surface area contributed by atoms with E-state index in [1.54, 1.807) is 0 Å². The van der Waals surface area contributed by atoms with Crippen molar-refractivity contribution < 1.29 is 0 Å². The zero-order valence-corrected chi connectivity index (χ0v) is 14.7. The second kappa shape index (κ2) is 6.89. The lowest BCUT2D eigenvalue weighted by atomic mass is 9.92. The number of aromatic nitrogens is 1. The number of fused-ring (bicyclic) bond motifs is 2. The number of thiocarbonyl (C=S) groups is 1. The minimum atomic E-state index is 0.715. The quantitative estimate of drug-likeness (QED) is 0.832. The zero-order chi connectivity index (χ0) is 16.4. The predicted molar refractivity (Wildman–Crippen MR) is 102 cm³/mol. The molecular weight excluding hydrogens is 314 g/mol. The van der Waals surface area contributed by atoms with Crippen LogP contribution >= 0.6 is 12.2 Å². The van der Waals surface area contributed by atoms with Gasteiger partial charge in [0.2, 0.25) is 0 Å². The maximum absolute atomic E-state index is 5.57. The van der Waals surface area contributed by atoms with Crippen LogP contribution in [0.2, 0.25) is 0 Å². The molecule has 2 aromatic rings. The van der Waals surface area contributed by atoms with Crippen LogP contribution < -0.4 is 10.6 Å². The number of nitrogens with one attached hydrogen (secondary N) is 2. The molecule has 124 valence electrons. The van der Waals surface area contributed by atoms with Crippen molar-refractivity contribution in [1.29, 1.82) is 0 Å². The summed E-state index contributed by atoms with van der Waals surface area (Å²) < 4.78 is 0. The number of hydrogen-bond acceptors (Lipinski definition) is 2. The molecule has 2 aliphatic carbocycles. The van der Waals surface area contributed by atoms with E-state index in [1.165, 1.54) is 53.0 Å². The molecule has 4 rings (SSSR count). The molecule has 0 saturated carbocycles. The Balaban J connectivity index is 1.53. The Bertz CT molecular complexity index is 755. The SMILES string of the molecule is S=C(NCc1ccccc1)Nc1c2c(nc3c1CCC3)CCCC2. The summed E-state index contributed by atoms with van der Waals surface area (Å²) in [5, 5.41) is 7.58. The van der Waals surface area contributed by atoms with Crippen molar-refractivity contribution in [2.75, 3.05) is 5.32 Å². The Morgan fingerprint density at radius 2 is 1.58 bits per heavy atom. The number of hydrogen-bond donors (Lipinski definition) is 2. The summed E-state index contributed by atoms with van der Waals surface area (Å²) in [5.74, 6) is 0. The topological polar surface area (TPSA) is 37.0 Å². The Kier molecular flexibility index (Phi) is 4.48. The third-order valence-corrected chi connectivity index (χ3v) is 5.28. The van der Waals surface area contributed by atoms with Gasteiger partial charge >= 0.3 is 0 Å².